The maximum Gasteiger partial charge on any atom is 0.249 e. The molecule has 1 unspecified atom stereocenters. The number of carbonyl (C=O) groups excluding carboxylic acids is 1. The summed E-state index contributed by atoms with van der Waals surface area (Å²) in [6.07, 6.45) is 5.01. The molecule has 1 N–H and O–H groups in total. The van der Waals surface area contributed by atoms with Gasteiger partial charge in [0, 0.05) is 24.4 Å². The van der Waals surface area contributed by atoms with E-state index in [4.69, 9.17) is 4.74 Å². The van der Waals surface area contributed by atoms with Crippen LogP contribution in [0.3, 0.4) is 0 Å². The van der Waals surface area contributed by atoms with E-state index >= 15 is 0 Å². The molecular formula is C17H18N4O2. The minimum atomic E-state index is -0.478. The molecule has 1 atom stereocenters. The first-order valence-electron chi connectivity index (χ1n) is 7.32. The highest BCUT2D eigenvalue weighted by molar-refractivity contribution is 5.95. The van der Waals surface area contributed by atoms with E-state index in [2.05, 4.69) is 15.3 Å². The van der Waals surface area contributed by atoms with Crippen LogP contribution < -0.4 is 5.32 Å². The molecule has 0 saturated carbocycles. The van der Waals surface area contributed by atoms with Gasteiger partial charge in [0.15, 0.2) is 0 Å². The molecule has 0 bridgehead atoms. The van der Waals surface area contributed by atoms with Gasteiger partial charge in [-0.2, -0.15) is 0 Å². The van der Waals surface area contributed by atoms with Crippen molar-refractivity contribution in [2.75, 3.05) is 19.0 Å². The average molecular weight is 310 g/mol. The highest BCUT2D eigenvalue weighted by Crippen LogP contribution is 2.18. The molecule has 6 heteroatoms. The molecule has 0 radical (unpaired) electrons. The van der Waals surface area contributed by atoms with Crippen molar-refractivity contribution in [1.82, 2.24) is 14.5 Å². The molecule has 23 heavy (non-hydrogen) atoms. The van der Waals surface area contributed by atoms with E-state index in [0.29, 0.717) is 5.69 Å². The van der Waals surface area contributed by atoms with Gasteiger partial charge in [0.1, 0.15) is 6.04 Å². The third-order valence-electron chi connectivity index (χ3n) is 3.68. The SMILES string of the molecule is COCC(C(=O)Nc1cnc2ccccc2c1)n1cncc1C. The Morgan fingerprint density at radius 1 is 1.35 bits per heavy atom. The van der Waals surface area contributed by atoms with Gasteiger partial charge in [-0.1, -0.05) is 18.2 Å². The number of fused-ring (bicyclic) bond motifs is 1. The number of nitrogens with zero attached hydrogens (tertiary/aromatic N) is 3. The zero-order valence-corrected chi connectivity index (χ0v) is 13.1. The fourth-order valence-corrected chi connectivity index (χ4v) is 2.50. The molecule has 2 aromatic heterocycles. The van der Waals surface area contributed by atoms with Crippen LogP contribution in [-0.4, -0.2) is 34.2 Å². The van der Waals surface area contributed by atoms with Crippen LogP contribution in [0.2, 0.25) is 0 Å². The van der Waals surface area contributed by atoms with Gasteiger partial charge >= 0.3 is 0 Å². The van der Waals surface area contributed by atoms with Crippen LogP contribution in [0.1, 0.15) is 11.7 Å². The first kappa shape index (κ1) is 15.2. The lowest BCUT2D eigenvalue weighted by Crippen LogP contribution is -2.29. The molecule has 6 nitrogen and oxygen atoms in total. The van der Waals surface area contributed by atoms with Crippen molar-refractivity contribution in [2.45, 2.75) is 13.0 Å². The maximum atomic E-state index is 12.6. The van der Waals surface area contributed by atoms with Crippen LogP contribution in [0.15, 0.2) is 49.1 Å². The Bertz CT molecular complexity index is 828. The van der Waals surface area contributed by atoms with E-state index in [1.54, 1.807) is 30.4 Å². The van der Waals surface area contributed by atoms with Crippen LogP contribution >= 0.6 is 0 Å². The van der Waals surface area contributed by atoms with Gasteiger partial charge in [-0.25, -0.2) is 4.98 Å². The van der Waals surface area contributed by atoms with Gasteiger partial charge in [0.05, 0.1) is 30.3 Å². The fraction of sp³-hybridized carbons (Fsp3) is 0.235. The number of pyridine rings is 1. The lowest BCUT2D eigenvalue weighted by Gasteiger charge is -2.19. The zero-order valence-electron chi connectivity index (χ0n) is 13.1. The quantitative estimate of drug-likeness (QED) is 0.786. The van der Waals surface area contributed by atoms with E-state index in [-0.39, 0.29) is 12.5 Å². The van der Waals surface area contributed by atoms with E-state index in [0.717, 1.165) is 16.6 Å². The van der Waals surface area contributed by atoms with Crippen molar-refractivity contribution < 1.29 is 9.53 Å². The molecule has 2 heterocycles. The molecule has 0 aliphatic heterocycles. The number of carbonyl (C=O) groups is 1. The number of amides is 1. The monoisotopic (exact) mass is 310 g/mol. The number of methoxy groups -OCH3 is 1. The van der Waals surface area contributed by atoms with Gasteiger partial charge in [-0.05, 0) is 19.1 Å². The second kappa shape index (κ2) is 6.58. The summed E-state index contributed by atoms with van der Waals surface area (Å²) >= 11 is 0. The number of para-hydroxylation sites is 1. The predicted octanol–water partition coefficient (Wildman–Crippen LogP) is 2.57. The molecule has 0 aliphatic carbocycles. The lowest BCUT2D eigenvalue weighted by molar-refractivity contribution is -0.120. The highest BCUT2D eigenvalue weighted by Gasteiger charge is 2.21. The Balaban J connectivity index is 1.84. The fourth-order valence-electron chi connectivity index (χ4n) is 2.50. The number of aromatic nitrogens is 3. The van der Waals surface area contributed by atoms with Gasteiger partial charge in [-0.15, -0.1) is 0 Å². The molecule has 3 rings (SSSR count). The Labute approximate surface area is 134 Å². The lowest BCUT2D eigenvalue weighted by atomic mass is 10.2. The Kier molecular flexibility index (Phi) is 4.34. The van der Waals surface area contributed by atoms with E-state index in [9.17, 15) is 4.79 Å². The molecule has 1 amide bonds. The van der Waals surface area contributed by atoms with Crippen molar-refractivity contribution in [3.8, 4) is 0 Å². The second-order valence-electron chi connectivity index (χ2n) is 5.32. The van der Waals surface area contributed by atoms with E-state index in [1.807, 2.05) is 37.3 Å². The van der Waals surface area contributed by atoms with Crippen molar-refractivity contribution >= 4 is 22.5 Å². The first-order valence-corrected chi connectivity index (χ1v) is 7.32. The van der Waals surface area contributed by atoms with Gasteiger partial charge in [-0.3, -0.25) is 9.78 Å². The summed E-state index contributed by atoms with van der Waals surface area (Å²) in [7, 11) is 1.57. The summed E-state index contributed by atoms with van der Waals surface area (Å²) in [6.45, 7) is 2.17. The molecule has 3 aromatic rings. The normalized spacial score (nSPS) is 12.3. The second-order valence-corrected chi connectivity index (χ2v) is 5.32. The van der Waals surface area contributed by atoms with Crippen molar-refractivity contribution in [3.05, 3.63) is 54.7 Å². The number of hydrogen-bond acceptors (Lipinski definition) is 4. The molecule has 0 saturated heterocycles. The smallest absolute Gasteiger partial charge is 0.249 e. The van der Waals surface area contributed by atoms with Crippen LogP contribution in [-0.2, 0) is 9.53 Å². The Morgan fingerprint density at radius 2 is 2.17 bits per heavy atom. The molecule has 1 aromatic carbocycles. The van der Waals surface area contributed by atoms with Crippen molar-refractivity contribution in [2.24, 2.45) is 0 Å². The summed E-state index contributed by atoms with van der Waals surface area (Å²) in [6, 6.07) is 9.20. The Morgan fingerprint density at radius 3 is 2.91 bits per heavy atom. The third kappa shape index (κ3) is 3.22. The van der Waals surface area contributed by atoms with Crippen molar-refractivity contribution in [1.29, 1.82) is 0 Å². The highest BCUT2D eigenvalue weighted by atomic mass is 16.5. The number of anilines is 1. The topological polar surface area (TPSA) is 69.0 Å². The predicted molar refractivity (Wildman–Crippen MR) is 88.2 cm³/mol. The molecule has 118 valence electrons. The standard InChI is InChI=1S/C17H18N4O2/c1-12-8-18-11-21(12)16(10-23-2)17(22)20-14-7-13-5-3-4-6-15(13)19-9-14/h3-9,11,16H,10H2,1-2H3,(H,20,22). The number of ether oxygens (including phenoxy) is 1. The summed E-state index contributed by atoms with van der Waals surface area (Å²) in [5.41, 5.74) is 2.45. The summed E-state index contributed by atoms with van der Waals surface area (Å²) in [5, 5.41) is 3.88. The molecule has 0 spiro atoms. The summed E-state index contributed by atoms with van der Waals surface area (Å²) in [4.78, 5) is 21.0. The number of hydrogen-bond donors (Lipinski definition) is 1. The number of rotatable bonds is 5. The number of imidazole rings is 1. The van der Waals surface area contributed by atoms with E-state index in [1.165, 1.54) is 0 Å². The number of benzene rings is 1. The van der Waals surface area contributed by atoms with Crippen LogP contribution in [0.5, 0.6) is 0 Å². The zero-order chi connectivity index (χ0) is 16.2. The maximum absolute atomic E-state index is 12.6. The van der Waals surface area contributed by atoms with Crippen molar-refractivity contribution in [3.63, 3.8) is 0 Å². The van der Waals surface area contributed by atoms with Crippen LogP contribution in [0, 0.1) is 6.92 Å². The summed E-state index contributed by atoms with van der Waals surface area (Å²) in [5.74, 6) is -0.162. The third-order valence-corrected chi connectivity index (χ3v) is 3.68. The molecular weight excluding hydrogens is 292 g/mol. The molecule has 0 aliphatic rings. The minimum absolute atomic E-state index is 0.162. The largest absolute Gasteiger partial charge is 0.382 e. The Hall–Kier alpha value is -2.73. The number of nitrogens with one attached hydrogen (secondary N) is 1. The van der Waals surface area contributed by atoms with Gasteiger partial charge < -0.3 is 14.6 Å². The minimum Gasteiger partial charge on any atom is -0.382 e. The van der Waals surface area contributed by atoms with Gasteiger partial charge in [0.25, 0.3) is 0 Å². The average Bonchev–Trinajstić information content (AvgIpc) is 2.98. The molecule has 0 fully saturated rings. The summed E-state index contributed by atoms with van der Waals surface area (Å²) < 4.78 is 6.99. The van der Waals surface area contributed by atoms with Crippen LogP contribution in [0.25, 0.3) is 10.9 Å². The number of aryl methyl sites for hydroxylation is 1. The van der Waals surface area contributed by atoms with E-state index < -0.39 is 6.04 Å². The first-order chi connectivity index (χ1) is 11.2. The van der Waals surface area contributed by atoms with Crippen LogP contribution in [0.4, 0.5) is 5.69 Å². The van der Waals surface area contributed by atoms with Gasteiger partial charge in [0.2, 0.25) is 5.91 Å².